The third kappa shape index (κ3) is 1.85. The number of hydrogen-bond donors (Lipinski definition) is 1. The molecule has 78 valence electrons. The van der Waals surface area contributed by atoms with E-state index in [4.69, 9.17) is 0 Å². The number of aliphatic carboxylic acids is 1. The van der Waals surface area contributed by atoms with Crippen LogP contribution in [0.25, 0.3) is 0 Å². The minimum atomic E-state index is -1.36. The maximum absolute atomic E-state index is 11.3. The summed E-state index contributed by atoms with van der Waals surface area (Å²) in [6.07, 6.45) is 1.66. The topological polar surface area (TPSA) is 82.1 Å². The lowest BCUT2D eigenvalue weighted by Crippen LogP contribution is -2.43. The van der Waals surface area contributed by atoms with Gasteiger partial charge >= 0.3 is 0 Å². The molecule has 1 amide bonds. The molecule has 1 aliphatic heterocycles. The molecule has 1 N–H and O–H groups in total. The smallest absolute Gasteiger partial charge is 0.234 e. The Balaban J connectivity index is 2.39. The quantitative estimate of drug-likeness (QED) is 0.710. The summed E-state index contributed by atoms with van der Waals surface area (Å²) in [6.45, 7) is 0. The second kappa shape index (κ2) is 3.62. The van der Waals surface area contributed by atoms with Crippen LogP contribution in [0.1, 0.15) is 5.56 Å². The number of aromatic nitrogens is 1. The lowest BCUT2D eigenvalue weighted by molar-refractivity contribution is -0.309. The third-order valence-corrected chi connectivity index (χ3v) is 2.63. The van der Waals surface area contributed by atoms with Gasteiger partial charge < -0.3 is 15.2 Å². The number of anilines is 1. The first-order valence-corrected chi connectivity index (χ1v) is 5.03. The molecule has 0 radical (unpaired) electrons. The molecule has 0 fully saturated rings. The molecule has 1 atom stereocenters. The molecule has 1 aromatic rings. The van der Waals surface area contributed by atoms with Crippen LogP contribution in [-0.2, 0) is 16.0 Å². The first-order valence-electron chi connectivity index (χ1n) is 4.24. The van der Waals surface area contributed by atoms with Gasteiger partial charge in [-0.3, -0.25) is 4.79 Å². The van der Waals surface area contributed by atoms with Gasteiger partial charge in [0.2, 0.25) is 5.91 Å². The zero-order valence-electron chi connectivity index (χ0n) is 7.49. The highest BCUT2D eigenvalue weighted by Crippen LogP contribution is 2.25. The Hall–Kier alpha value is -1.43. The van der Waals surface area contributed by atoms with E-state index < -0.39 is 17.8 Å². The van der Waals surface area contributed by atoms with Crippen LogP contribution >= 0.6 is 15.9 Å². The summed E-state index contributed by atoms with van der Waals surface area (Å²) in [7, 11) is 0. The lowest BCUT2D eigenvalue weighted by Gasteiger charge is -2.24. The maximum atomic E-state index is 11.3. The predicted molar refractivity (Wildman–Crippen MR) is 52.8 cm³/mol. The van der Waals surface area contributed by atoms with Gasteiger partial charge in [-0.2, -0.15) is 0 Å². The number of carboxylic acids is 1. The van der Waals surface area contributed by atoms with Gasteiger partial charge in [0, 0.05) is 10.7 Å². The Morgan fingerprint density at radius 1 is 1.67 bits per heavy atom. The summed E-state index contributed by atoms with van der Waals surface area (Å²) in [5.74, 6) is -2.65. The van der Waals surface area contributed by atoms with Gasteiger partial charge in [0.05, 0.1) is 11.9 Å². The fourth-order valence-electron chi connectivity index (χ4n) is 1.46. The zero-order chi connectivity index (χ0) is 11.0. The van der Waals surface area contributed by atoms with Crippen LogP contribution in [0.15, 0.2) is 16.7 Å². The molecule has 0 saturated carbocycles. The maximum Gasteiger partial charge on any atom is 0.234 e. The van der Waals surface area contributed by atoms with Crippen molar-refractivity contribution < 1.29 is 14.7 Å². The van der Waals surface area contributed by atoms with E-state index in [2.05, 4.69) is 26.2 Å². The number of rotatable bonds is 1. The normalized spacial score (nSPS) is 19.3. The van der Waals surface area contributed by atoms with Crippen LogP contribution in [0.3, 0.4) is 0 Å². The highest BCUT2D eigenvalue weighted by molar-refractivity contribution is 9.10. The van der Waals surface area contributed by atoms with Gasteiger partial charge in [0.15, 0.2) is 0 Å². The molecule has 2 heterocycles. The molecule has 0 bridgehead atoms. The predicted octanol–water partition coefficient (Wildman–Crippen LogP) is -0.295. The summed E-state index contributed by atoms with van der Waals surface area (Å²) in [6, 6.07) is 1.73. The number of fused-ring (bicyclic) bond motifs is 1. The van der Waals surface area contributed by atoms with Gasteiger partial charge in [-0.05, 0) is 34.0 Å². The van der Waals surface area contributed by atoms with Gasteiger partial charge in [0.1, 0.15) is 5.82 Å². The first kappa shape index (κ1) is 10.1. The second-order valence-electron chi connectivity index (χ2n) is 3.23. The van der Waals surface area contributed by atoms with Crippen molar-refractivity contribution in [1.82, 2.24) is 4.98 Å². The van der Waals surface area contributed by atoms with Gasteiger partial charge in [-0.15, -0.1) is 0 Å². The van der Waals surface area contributed by atoms with Gasteiger partial charge in [-0.25, -0.2) is 4.98 Å². The number of nitrogens with zero attached hydrogens (tertiary/aromatic N) is 1. The monoisotopic (exact) mass is 269 g/mol. The average molecular weight is 270 g/mol. The number of nitrogens with one attached hydrogen (secondary N) is 1. The number of carboxylic acid groups (broad SMARTS) is 1. The van der Waals surface area contributed by atoms with E-state index in [0.717, 1.165) is 4.47 Å². The van der Waals surface area contributed by atoms with E-state index in [1.807, 2.05) is 0 Å². The van der Waals surface area contributed by atoms with Crippen LogP contribution in [-0.4, -0.2) is 16.9 Å². The summed E-state index contributed by atoms with van der Waals surface area (Å²) >= 11 is 3.22. The van der Waals surface area contributed by atoms with Crippen LogP contribution in [0, 0.1) is 5.92 Å². The molecule has 5 nitrogen and oxygen atoms in total. The molecule has 6 heteroatoms. The SMILES string of the molecule is O=C([O-])C1Cc2cc(Br)cnc2NC1=O. The Morgan fingerprint density at radius 2 is 2.40 bits per heavy atom. The number of carbonyl (C=O) groups is 2. The Labute approximate surface area is 93.6 Å². The molecule has 1 aliphatic rings. The molecule has 1 aromatic heterocycles. The molecule has 0 spiro atoms. The van der Waals surface area contributed by atoms with Gasteiger partial charge in [-0.1, -0.05) is 0 Å². The molecule has 15 heavy (non-hydrogen) atoms. The number of pyridine rings is 1. The third-order valence-electron chi connectivity index (χ3n) is 2.20. The highest BCUT2D eigenvalue weighted by atomic mass is 79.9. The van der Waals surface area contributed by atoms with Crippen molar-refractivity contribution in [2.45, 2.75) is 6.42 Å². The number of amides is 1. The molecule has 2 rings (SSSR count). The minimum Gasteiger partial charge on any atom is -0.549 e. The number of halogens is 1. The first-order chi connectivity index (χ1) is 7.08. The highest BCUT2D eigenvalue weighted by Gasteiger charge is 2.27. The van der Waals surface area contributed by atoms with Crippen LogP contribution in [0.5, 0.6) is 0 Å². The summed E-state index contributed by atoms with van der Waals surface area (Å²) in [4.78, 5) is 25.9. The zero-order valence-corrected chi connectivity index (χ0v) is 9.08. The van der Waals surface area contributed by atoms with E-state index >= 15 is 0 Å². The fraction of sp³-hybridized carbons (Fsp3) is 0.222. The van der Waals surface area contributed by atoms with Crippen molar-refractivity contribution in [3.8, 4) is 0 Å². The standard InChI is InChI=1S/C9H7BrN2O3/c10-5-1-4-2-6(9(14)15)8(13)12-7(4)11-3-5/h1,3,6H,2H2,(H,14,15)(H,11,12,13)/p-1. The van der Waals surface area contributed by atoms with Crippen molar-refractivity contribution >= 4 is 33.6 Å². The molecular formula is C9H6BrN2O3-. The average Bonchev–Trinajstić information content (AvgIpc) is 2.17. The van der Waals surface area contributed by atoms with E-state index in [9.17, 15) is 14.7 Å². The summed E-state index contributed by atoms with van der Waals surface area (Å²) < 4.78 is 0.745. The van der Waals surface area contributed by atoms with Crippen LogP contribution in [0.4, 0.5) is 5.82 Å². The van der Waals surface area contributed by atoms with Crippen molar-refractivity contribution in [2.24, 2.45) is 5.92 Å². The van der Waals surface area contributed by atoms with Gasteiger partial charge in [0.25, 0.3) is 0 Å². The van der Waals surface area contributed by atoms with E-state index in [1.54, 1.807) is 12.3 Å². The molecular weight excluding hydrogens is 264 g/mol. The van der Waals surface area contributed by atoms with Crippen molar-refractivity contribution in [3.05, 3.63) is 22.3 Å². The van der Waals surface area contributed by atoms with Crippen LogP contribution in [0.2, 0.25) is 0 Å². The minimum absolute atomic E-state index is 0.121. The van der Waals surface area contributed by atoms with Crippen molar-refractivity contribution in [3.63, 3.8) is 0 Å². The molecule has 0 saturated heterocycles. The van der Waals surface area contributed by atoms with Crippen LogP contribution < -0.4 is 10.4 Å². The van der Waals surface area contributed by atoms with E-state index in [0.29, 0.717) is 11.4 Å². The Morgan fingerprint density at radius 3 is 3.07 bits per heavy atom. The molecule has 0 aromatic carbocycles. The van der Waals surface area contributed by atoms with Crippen molar-refractivity contribution in [1.29, 1.82) is 0 Å². The largest absolute Gasteiger partial charge is 0.549 e. The summed E-state index contributed by atoms with van der Waals surface area (Å²) in [5, 5.41) is 13.1. The molecule has 1 unspecified atom stereocenters. The Bertz CT molecular complexity index is 447. The van der Waals surface area contributed by atoms with Crippen molar-refractivity contribution in [2.75, 3.05) is 5.32 Å². The van der Waals surface area contributed by atoms with E-state index in [1.165, 1.54) is 0 Å². The van der Waals surface area contributed by atoms with E-state index in [-0.39, 0.29) is 6.42 Å². The summed E-state index contributed by atoms with van der Waals surface area (Å²) in [5.41, 5.74) is 0.693. The molecule has 0 aliphatic carbocycles. The fourth-order valence-corrected chi connectivity index (χ4v) is 1.83. The number of hydrogen-bond acceptors (Lipinski definition) is 4. The number of carbonyl (C=O) groups excluding carboxylic acids is 2. The lowest BCUT2D eigenvalue weighted by atomic mass is 9.95. The Kier molecular flexibility index (Phi) is 2.44. The second-order valence-corrected chi connectivity index (χ2v) is 4.14.